The third-order valence-electron chi connectivity index (χ3n) is 1.37. The molecule has 1 amide bonds. The van der Waals surface area contributed by atoms with Gasteiger partial charge in [0.05, 0.1) is 6.42 Å². The first-order valence-electron chi connectivity index (χ1n) is 3.99. The van der Waals surface area contributed by atoms with Crippen molar-refractivity contribution in [3.05, 3.63) is 12.2 Å². The normalized spacial score (nSPS) is 12.0. The highest BCUT2D eigenvalue weighted by Crippen LogP contribution is 1.93. The van der Waals surface area contributed by atoms with Crippen LogP contribution in [0.15, 0.2) is 12.2 Å². The van der Waals surface area contributed by atoms with Crippen molar-refractivity contribution in [2.24, 2.45) is 0 Å². The molecule has 0 aliphatic carbocycles. The van der Waals surface area contributed by atoms with Crippen molar-refractivity contribution in [3.63, 3.8) is 0 Å². The maximum absolute atomic E-state index is 10.9. The third kappa shape index (κ3) is 6.13. The number of carboxylic acids is 3. The first-order chi connectivity index (χ1) is 7.32. The lowest BCUT2D eigenvalue weighted by atomic mass is 10.2. The van der Waals surface area contributed by atoms with Crippen LogP contribution in [0.1, 0.15) is 6.42 Å². The fourth-order valence-electron chi connectivity index (χ4n) is 0.742. The zero-order chi connectivity index (χ0) is 12.7. The lowest BCUT2D eigenvalue weighted by molar-refractivity contribution is -0.146. The van der Waals surface area contributed by atoms with Crippen LogP contribution in [0.25, 0.3) is 0 Å². The van der Waals surface area contributed by atoms with E-state index < -0.39 is 36.3 Å². The SMILES string of the molecule is O=C(O)/C=C\C(=O)NC(CC(=O)O)C(=O)O. The molecule has 16 heavy (non-hydrogen) atoms. The van der Waals surface area contributed by atoms with E-state index in [2.05, 4.69) is 0 Å². The van der Waals surface area contributed by atoms with Gasteiger partial charge in [-0.2, -0.15) is 0 Å². The molecule has 0 saturated carbocycles. The van der Waals surface area contributed by atoms with Crippen LogP contribution in [0.4, 0.5) is 0 Å². The van der Waals surface area contributed by atoms with Crippen LogP contribution in [0.2, 0.25) is 0 Å². The molecule has 0 aromatic rings. The molecule has 1 unspecified atom stereocenters. The lowest BCUT2D eigenvalue weighted by Crippen LogP contribution is -2.41. The third-order valence-corrected chi connectivity index (χ3v) is 1.37. The number of aliphatic carboxylic acids is 3. The van der Waals surface area contributed by atoms with E-state index in [1.54, 1.807) is 0 Å². The van der Waals surface area contributed by atoms with Crippen molar-refractivity contribution in [2.45, 2.75) is 12.5 Å². The molecule has 88 valence electrons. The predicted octanol–water partition coefficient (Wildman–Crippen LogP) is -1.33. The van der Waals surface area contributed by atoms with Gasteiger partial charge in [0, 0.05) is 12.2 Å². The number of carboxylic acid groups (broad SMARTS) is 3. The highest BCUT2D eigenvalue weighted by molar-refractivity contribution is 5.96. The smallest absolute Gasteiger partial charge is 0.328 e. The number of amides is 1. The molecule has 0 rings (SSSR count). The van der Waals surface area contributed by atoms with Gasteiger partial charge in [0.25, 0.3) is 0 Å². The molecular weight excluding hydrogens is 222 g/mol. The fraction of sp³-hybridized carbons (Fsp3) is 0.250. The maximum atomic E-state index is 10.9. The van der Waals surface area contributed by atoms with Crippen LogP contribution in [-0.2, 0) is 19.2 Å². The summed E-state index contributed by atoms with van der Waals surface area (Å²) < 4.78 is 0. The number of hydrogen-bond donors (Lipinski definition) is 4. The Morgan fingerprint density at radius 1 is 1.06 bits per heavy atom. The number of carbonyl (C=O) groups excluding carboxylic acids is 1. The number of carbonyl (C=O) groups is 4. The number of hydrogen-bond acceptors (Lipinski definition) is 4. The van der Waals surface area contributed by atoms with Gasteiger partial charge in [-0.3, -0.25) is 9.59 Å². The van der Waals surface area contributed by atoms with Gasteiger partial charge in [0.1, 0.15) is 6.04 Å². The zero-order valence-electron chi connectivity index (χ0n) is 7.91. The van der Waals surface area contributed by atoms with Gasteiger partial charge in [-0.1, -0.05) is 0 Å². The van der Waals surface area contributed by atoms with Crippen molar-refractivity contribution < 1.29 is 34.5 Å². The molecule has 0 saturated heterocycles. The lowest BCUT2D eigenvalue weighted by Gasteiger charge is -2.09. The summed E-state index contributed by atoms with van der Waals surface area (Å²) in [5.74, 6) is -5.27. The van der Waals surface area contributed by atoms with E-state index in [0.717, 1.165) is 0 Å². The molecule has 8 nitrogen and oxygen atoms in total. The number of nitrogens with one attached hydrogen (secondary N) is 1. The topological polar surface area (TPSA) is 141 Å². The van der Waals surface area contributed by atoms with Gasteiger partial charge >= 0.3 is 17.9 Å². The standard InChI is InChI=1S/C8H9NO7/c10-5(1-2-6(11)12)9-4(8(15)16)3-7(13)14/h1-2,4H,3H2,(H,9,10)(H,11,12)(H,13,14)(H,15,16)/b2-1-. The van der Waals surface area contributed by atoms with Gasteiger partial charge < -0.3 is 20.6 Å². The summed E-state index contributed by atoms with van der Waals surface area (Å²) in [5.41, 5.74) is 0. The van der Waals surface area contributed by atoms with Crippen LogP contribution in [0.5, 0.6) is 0 Å². The molecule has 0 bridgehead atoms. The molecule has 1 atom stereocenters. The molecule has 0 fully saturated rings. The Hall–Kier alpha value is -2.38. The Kier molecular flexibility index (Phi) is 5.25. The second-order valence-corrected chi connectivity index (χ2v) is 2.67. The van der Waals surface area contributed by atoms with Crippen molar-refractivity contribution in [3.8, 4) is 0 Å². The minimum Gasteiger partial charge on any atom is -0.481 e. The Bertz CT molecular complexity index is 346. The molecule has 0 aromatic carbocycles. The average Bonchev–Trinajstić information content (AvgIpc) is 2.12. The molecule has 0 aromatic heterocycles. The van der Waals surface area contributed by atoms with Gasteiger partial charge in [0.2, 0.25) is 5.91 Å². The Labute approximate surface area is 89.2 Å². The first-order valence-corrected chi connectivity index (χ1v) is 3.99. The minimum atomic E-state index is -1.59. The predicted molar refractivity (Wildman–Crippen MR) is 48.6 cm³/mol. The summed E-state index contributed by atoms with van der Waals surface area (Å²) in [4.78, 5) is 41.7. The Balaban J connectivity index is 4.40. The summed E-state index contributed by atoms with van der Waals surface area (Å²) in [6, 6.07) is -1.59. The first kappa shape index (κ1) is 13.6. The second kappa shape index (κ2) is 6.17. The average molecular weight is 231 g/mol. The minimum absolute atomic E-state index is 0.509. The van der Waals surface area contributed by atoms with Crippen molar-refractivity contribution in [2.75, 3.05) is 0 Å². The van der Waals surface area contributed by atoms with E-state index in [0.29, 0.717) is 12.2 Å². The van der Waals surface area contributed by atoms with E-state index in [-0.39, 0.29) is 0 Å². The second-order valence-electron chi connectivity index (χ2n) is 2.67. The molecule has 0 aliphatic heterocycles. The zero-order valence-corrected chi connectivity index (χ0v) is 7.91. The summed E-state index contributed by atoms with van der Waals surface area (Å²) in [5, 5.41) is 26.9. The molecular formula is C8H9NO7. The van der Waals surface area contributed by atoms with E-state index in [4.69, 9.17) is 15.3 Å². The van der Waals surface area contributed by atoms with E-state index in [9.17, 15) is 19.2 Å². The molecule has 0 heterocycles. The van der Waals surface area contributed by atoms with Gasteiger partial charge in [0.15, 0.2) is 0 Å². The largest absolute Gasteiger partial charge is 0.481 e. The molecule has 0 radical (unpaired) electrons. The van der Waals surface area contributed by atoms with Crippen LogP contribution in [0, 0.1) is 0 Å². The monoisotopic (exact) mass is 231 g/mol. The number of rotatable bonds is 6. The van der Waals surface area contributed by atoms with E-state index >= 15 is 0 Å². The van der Waals surface area contributed by atoms with Crippen LogP contribution in [-0.4, -0.2) is 45.2 Å². The van der Waals surface area contributed by atoms with Gasteiger partial charge in [-0.15, -0.1) is 0 Å². The van der Waals surface area contributed by atoms with Crippen molar-refractivity contribution in [1.82, 2.24) is 5.32 Å². The maximum Gasteiger partial charge on any atom is 0.328 e. The summed E-state index contributed by atoms with van der Waals surface area (Å²) in [6.45, 7) is 0. The highest BCUT2D eigenvalue weighted by atomic mass is 16.4. The van der Waals surface area contributed by atoms with E-state index in [1.165, 1.54) is 0 Å². The van der Waals surface area contributed by atoms with Crippen LogP contribution >= 0.6 is 0 Å². The fourth-order valence-corrected chi connectivity index (χ4v) is 0.742. The van der Waals surface area contributed by atoms with E-state index in [1.807, 2.05) is 5.32 Å². The Morgan fingerprint density at radius 3 is 2.00 bits per heavy atom. The summed E-state index contributed by atoms with van der Waals surface area (Å²) in [6.07, 6.45) is 0.317. The molecule has 8 heteroatoms. The van der Waals surface area contributed by atoms with Gasteiger partial charge in [-0.05, 0) is 0 Å². The van der Waals surface area contributed by atoms with Crippen LogP contribution < -0.4 is 5.32 Å². The van der Waals surface area contributed by atoms with Crippen molar-refractivity contribution in [1.29, 1.82) is 0 Å². The molecule has 0 spiro atoms. The molecule has 0 aliphatic rings. The van der Waals surface area contributed by atoms with Gasteiger partial charge in [-0.25, -0.2) is 9.59 Å². The Morgan fingerprint density at radius 2 is 1.62 bits per heavy atom. The molecule has 4 N–H and O–H groups in total. The quantitative estimate of drug-likeness (QED) is 0.415. The summed E-state index contributed by atoms with van der Waals surface area (Å²) in [7, 11) is 0. The van der Waals surface area contributed by atoms with Crippen molar-refractivity contribution >= 4 is 23.8 Å². The summed E-state index contributed by atoms with van der Waals surface area (Å²) >= 11 is 0. The van der Waals surface area contributed by atoms with Crippen LogP contribution in [0.3, 0.4) is 0 Å². The highest BCUT2D eigenvalue weighted by Gasteiger charge is 2.21.